The van der Waals surface area contributed by atoms with Gasteiger partial charge in [-0.2, -0.15) is 8.42 Å². The minimum atomic E-state index is -3.88. The van der Waals surface area contributed by atoms with Crippen molar-refractivity contribution < 1.29 is 13.2 Å². The molecule has 0 aliphatic heterocycles. The Hall–Kier alpha value is -1.10. The van der Waals surface area contributed by atoms with E-state index >= 15 is 0 Å². The number of hydrogen-bond acceptors (Lipinski definition) is 4. The normalized spacial score (nSPS) is 10.7. The van der Waals surface area contributed by atoms with E-state index in [4.69, 9.17) is 0 Å². The molecule has 6 heteroatoms. The van der Waals surface area contributed by atoms with Crippen molar-refractivity contribution in [3.63, 3.8) is 0 Å². The maximum Gasteiger partial charge on any atom is 0.293 e. The van der Waals surface area contributed by atoms with Crippen LogP contribution in [0.4, 0.5) is 0 Å². The van der Waals surface area contributed by atoms with Crippen LogP contribution in [0.3, 0.4) is 0 Å². The number of carbonyl (C=O) groups excluding carboxylic acids is 1. The van der Waals surface area contributed by atoms with Gasteiger partial charge >= 0.3 is 0 Å². The fraction of sp³-hybridized carbons (Fsp3) is 0.222. The minimum absolute atomic E-state index is 0.0557. The number of sulfonamides is 1. The highest BCUT2D eigenvalue weighted by Crippen LogP contribution is 2.26. The molecule has 0 amide bonds. The molecule has 0 saturated heterocycles. The van der Waals surface area contributed by atoms with Crippen LogP contribution in [0.25, 0.3) is 0 Å². The van der Waals surface area contributed by atoms with Gasteiger partial charge in [0, 0.05) is 4.90 Å². The first-order valence-corrected chi connectivity index (χ1v) is 6.60. The quantitative estimate of drug-likeness (QED) is 0.459. The molecule has 15 heavy (non-hydrogen) atoms. The highest BCUT2D eigenvalue weighted by Gasteiger charge is 2.16. The molecule has 0 bridgehead atoms. The molecule has 0 atom stereocenters. The maximum absolute atomic E-state index is 11.5. The van der Waals surface area contributed by atoms with Gasteiger partial charge in [-0.25, -0.2) is 4.79 Å². The van der Waals surface area contributed by atoms with Crippen molar-refractivity contribution >= 4 is 27.9 Å². The fourth-order valence-corrected chi connectivity index (χ4v) is 2.99. The van der Waals surface area contributed by atoms with Crippen LogP contribution < -0.4 is 0 Å². The molecule has 0 N–H and O–H groups in total. The van der Waals surface area contributed by atoms with Crippen molar-refractivity contribution in [3.8, 4) is 0 Å². The van der Waals surface area contributed by atoms with Crippen LogP contribution >= 0.6 is 11.8 Å². The van der Waals surface area contributed by atoms with Gasteiger partial charge in [0.05, 0.1) is 0 Å². The third-order valence-electron chi connectivity index (χ3n) is 1.58. The summed E-state index contributed by atoms with van der Waals surface area (Å²) in [6, 6.07) is 6.43. The Morgan fingerprint density at radius 1 is 1.40 bits per heavy atom. The van der Waals surface area contributed by atoms with Crippen molar-refractivity contribution in [3.05, 3.63) is 24.3 Å². The van der Waals surface area contributed by atoms with Crippen LogP contribution in [0.15, 0.2) is 38.5 Å². The topological polar surface area (TPSA) is 63.6 Å². The van der Waals surface area contributed by atoms with E-state index in [1.165, 1.54) is 17.8 Å². The van der Waals surface area contributed by atoms with Gasteiger partial charge in [0.2, 0.25) is 0 Å². The van der Waals surface area contributed by atoms with E-state index < -0.39 is 10.0 Å². The first kappa shape index (κ1) is 12.0. The zero-order valence-electron chi connectivity index (χ0n) is 8.00. The monoisotopic (exact) mass is 243 g/mol. The molecule has 1 aromatic rings. The lowest BCUT2D eigenvalue weighted by molar-refractivity contribution is 0.563. The van der Waals surface area contributed by atoms with Crippen molar-refractivity contribution in [2.75, 3.05) is 5.75 Å². The molecule has 4 nitrogen and oxygen atoms in total. The molecular weight excluding hydrogens is 234 g/mol. The van der Waals surface area contributed by atoms with E-state index in [1.54, 1.807) is 18.2 Å². The lowest BCUT2D eigenvalue weighted by Gasteiger charge is -2.03. The largest absolute Gasteiger partial charge is 0.293 e. The molecule has 1 rings (SSSR count). The predicted octanol–water partition coefficient (Wildman–Crippen LogP) is 1.82. The minimum Gasteiger partial charge on any atom is -0.210 e. The Balaban J connectivity index is 3.30. The molecule has 0 heterocycles. The van der Waals surface area contributed by atoms with Crippen molar-refractivity contribution in [2.45, 2.75) is 16.7 Å². The Kier molecular flexibility index (Phi) is 4.08. The Morgan fingerprint density at radius 2 is 2.07 bits per heavy atom. The Bertz CT molecular complexity index is 490. The summed E-state index contributed by atoms with van der Waals surface area (Å²) in [6.45, 7) is 1.91. The van der Waals surface area contributed by atoms with Gasteiger partial charge in [0.15, 0.2) is 0 Å². The third-order valence-corrected chi connectivity index (χ3v) is 3.90. The van der Waals surface area contributed by atoms with E-state index in [-0.39, 0.29) is 4.90 Å². The van der Waals surface area contributed by atoms with Crippen LogP contribution in [-0.2, 0) is 14.8 Å². The molecule has 80 valence electrons. The molecule has 1 aromatic carbocycles. The summed E-state index contributed by atoms with van der Waals surface area (Å²) in [5, 5.41) is 0. The zero-order chi connectivity index (χ0) is 11.3. The molecule has 0 radical (unpaired) electrons. The van der Waals surface area contributed by atoms with E-state index in [0.717, 1.165) is 11.8 Å². The van der Waals surface area contributed by atoms with Crippen LogP contribution in [-0.4, -0.2) is 20.3 Å². The molecule has 0 fully saturated rings. The molecular formula is C9H9NO3S2. The van der Waals surface area contributed by atoms with E-state index in [0.29, 0.717) is 4.90 Å². The summed E-state index contributed by atoms with van der Waals surface area (Å²) in [4.78, 5) is 10.6. The Labute approximate surface area is 92.5 Å². The summed E-state index contributed by atoms with van der Waals surface area (Å²) in [5.74, 6) is 0.747. The lowest BCUT2D eigenvalue weighted by atomic mass is 10.4. The standard InChI is InChI=1S/C9H9NO3S2/c1-2-14-8-5-3-4-6-9(8)15(12,13)10-7-11/h3-6H,2H2,1H3. The average molecular weight is 243 g/mol. The van der Waals surface area contributed by atoms with Crippen LogP contribution in [0, 0.1) is 0 Å². The number of isocyanates is 1. The molecule has 0 spiro atoms. The first-order chi connectivity index (χ1) is 7.11. The second kappa shape index (κ2) is 5.11. The summed E-state index contributed by atoms with van der Waals surface area (Å²) < 4.78 is 25.8. The van der Waals surface area contributed by atoms with Gasteiger partial charge < -0.3 is 0 Å². The van der Waals surface area contributed by atoms with Gasteiger partial charge in [-0.3, -0.25) is 0 Å². The average Bonchev–Trinajstić information content (AvgIpc) is 2.19. The van der Waals surface area contributed by atoms with Gasteiger partial charge in [-0.05, 0) is 17.9 Å². The van der Waals surface area contributed by atoms with Gasteiger partial charge in [0.1, 0.15) is 4.90 Å². The number of benzene rings is 1. The predicted molar refractivity (Wildman–Crippen MR) is 58.1 cm³/mol. The summed E-state index contributed by atoms with van der Waals surface area (Å²) >= 11 is 1.39. The van der Waals surface area contributed by atoms with E-state index in [2.05, 4.69) is 4.40 Å². The van der Waals surface area contributed by atoms with Crippen LogP contribution in [0.5, 0.6) is 0 Å². The fourth-order valence-electron chi connectivity index (χ4n) is 1.04. The number of thioether (sulfide) groups is 1. The lowest BCUT2D eigenvalue weighted by Crippen LogP contribution is -1.98. The summed E-state index contributed by atoms with van der Waals surface area (Å²) in [6.07, 6.45) is 1.05. The van der Waals surface area contributed by atoms with Crippen molar-refractivity contribution in [2.24, 2.45) is 4.40 Å². The highest BCUT2D eigenvalue weighted by molar-refractivity contribution is 8.00. The van der Waals surface area contributed by atoms with Gasteiger partial charge in [-0.1, -0.05) is 23.5 Å². The van der Waals surface area contributed by atoms with Gasteiger partial charge in [-0.15, -0.1) is 11.8 Å². The second-order valence-electron chi connectivity index (χ2n) is 2.54. The molecule has 0 unspecified atom stereocenters. The maximum atomic E-state index is 11.5. The van der Waals surface area contributed by atoms with Crippen LogP contribution in [0.2, 0.25) is 0 Å². The Morgan fingerprint density at radius 3 is 2.67 bits per heavy atom. The number of hydrogen-bond donors (Lipinski definition) is 0. The SMILES string of the molecule is CCSc1ccccc1S(=O)(=O)N=C=O. The third kappa shape index (κ3) is 2.92. The van der Waals surface area contributed by atoms with Crippen molar-refractivity contribution in [1.29, 1.82) is 0 Å². The summed E-state index contributed by atoms with van der Waals surface area (Å²) in [7, 11) is -3.88. The van der Waals surface area contributed by atoms with E-state index in [1.807, 2.05) is 6.92 Å². The smallest absolute Gasteiger partial charge is 0.210 e. The van der Waals surface area contributed by atoms with E-state index in [9.17, 15) is 13.2 Å². The zero-order valence-corrected chi connectivity index (χ0v) is 9.64. The molecule has 0 aliphatic rings. The summed E-state index contributed by atoms with van der Waals surface area (Å²) in [5.41, 5.74) is 0. The molecule has 0 aliphatic carbocycles. The van der Waals surface area contributed by atoms with Crippen molar-refractivity contribution in [1.82, 2.24) is 0 Å². The highest BCUT2D eigenvalue weighted by atomic mass is 32.2. The first-order valence-electron chi connectivity index (χ1n) is 4.18. The molecule has 0 aromatic heterocycles. The second-order valence-corrected chi connectivity index (χ2v) is 5.42. The molecule has 0 saturated carbocycles. The van der Waals surface area contributed by atoms with Gasteiger partial charge in [0.25, 0.3) is 16.1 Å². The van der Waals surface area contributed by atoms with Crippen LogP contribution in [0.1, 0.15) is 6.92 Å². The number of rotatable bonds is 4. The number of nitrogens with zero attached hydrogens (tertiary/aromatic N) is 1.